The van der Waals surface area contributed by atoms with Gasteiger partial charge in [0.1, 0.15) is 29.1 Å². The van der Waals surface area contributed by atoms with Crippen molar-refractivity contribution in [1.29, 1.82) is 5.26 Å². The van der Waals surface area contributed by atoms with Crippen molar-refractivity contribution in [3.63, 3.8) is 0 Å². The number of ether oxygens (including phenoxy) is 1. The van der Waals surface area contributed by atoms with Crippen molar-refractivity contribution in [1.82, 2.24) is 0 Å². The molecule has 0 saturated heterocycles. The van der Waals surface area contributed by atoms with Gasteiger partial charge in [-0.15, -0.1) is 0 Å². The zero-order chi connectivity index (χ0) is 19.1. The first kappa shape index (κ1) is 18.6. The number of aliphatic hydroxyl groups is 1. The topological polar surface area (TPSA) is 53.2 Å². The molecule has 136 valence electrons. The maximum Gasteiger partial charge on any atom is 0.142 e. The van der Waals surface area contributed by atoms with Gasteiger partial charge < -0.3 is 9.84 Å². The lowest BCUT2D eigenvalue weighted by molar-refractivity contribution is 0.0166. The number of halogens is 2. The van der Waals surface area contributed by atoms with Gasteiger partial charge in [-0.1, -0.05) is 5.37 Å². The van der Waals surface area contributed by atoms with Gasteiger partial charge in [0.2, 0.25) is 0 Å². The molecule has 1 aliphatic carbocycles. The van der Waals surface area contributed by atoms with Gasteiger partial charge in [0.15, 0.2) is 0 Å². The van der Waals surface area contributed by atoms with E-state index in [-0.39, 0.29) is 28.2 Å². The van der Waals surface area contributed by atoms with Crippen molar-refractivity contribution in [3.8, 4) is 17.6 Å². The molecule has 0 aliphatic heterocycles. The van der Waals surface area contributed by atoms with Crippen molar-refractivity contribution >= 4 is 15.9 Å². The van der Waals surface area contributed by atoms with Gasteiger partial charge >= 0.3 is 0 Å². The summed E-state index contributed by atoms with van der Waals surface area (Å²) in [5.41, 5.74) is -0.523. The van der Waals surface area contributed by atoms with Crippen molar-refractivity contribution in [2.45, 2.75) is 36.9 Å². The second-order valence-corrected chi connectivity index (χ2v) is 8.52. The molecule has 0 amide bonds. The summed E-state index contributed by atoms with van der Waals surface area (Å²) >= 11 is 0. The fourth-order valence-corrected chi connectivity index (χ4v) is 4.28. The monoisotopic (exact) mass is 375 g/mol. The highest BCUT2D eigenvalue weighted by molar-refractivity contribution is 8.14. The normalized spacial score (nSPS) is 22.7. The second-order valence-electron chi connectivity index (χ2n) is 6.49. The summed E-state index contributed by atoms with van der Waals surface area (Å²) in [7, 11) is -0.250. The molecular formula is C20H19F2NO2S. The van der Waals surface area contributed by atoms with Gasteiger partial charge in [-0.25, -0.2) is 8.78 Å². The van der Waals surface area contributed by atoms with Crippen LogP contribution in [0.15, 0.2) is 35.2 Å². The summed E-state index contributed by atoms with van der Waals surface area (Å²) in [4.78, 5) is 0.876. The minimum atomic E-state index is -1.80. The van der Waals surface area contributed by atoms with Gasteiger partial charge in [-0.2, -0.15) is 15.7 Å². The van der Waals surface area contributed by atoms with E-state index < -0.39 is 17.6 Å². The summed E-state index contributed by atoms with van der Waals surface area (Å²) in [6.45, 7) is 3.29. The van der Waals surface area contributed by atoms with Crippen LogP contribution in [0.1, 0.15) is 36.6 Å². The average molecular weight is 375 g/mol. The van der Waals surface area contributed by atoms with Crippen LogP contribution in [-0.2, 0) is 6.42 Å². The van der Waals surface area contributed by atoms with Gasteiger partial charge in [0.05, 0.1) is 11.6 Å². The lowest BCUT2D eigenvalue weighted by Gasteiger charge is -2.19. The fourth-order valence-electron chi connectivity index (χ4n) is 3.17. The first-order chi connectivity index (χ1) is 12.3. The largest absolute Gasteiger partial charge is 0.457 e. The molecule has 3 atom stereocenters. The SMILES string of the molecule is C/C=S(/C)c1ccc(Oc2cc(F)cc(C#N)c2)c2c1[C@H](O)[C@@](C)(F)C2. The third-order valence-corrected chi connectivity index (χ3v) is 6.33. The Hall–Kier alpha value is -2.23. The molecule has 0 fully saturated rings. The quantitative estimate of drug-likeness (QED) is 0.778. The zero-order valence-corrected chi connectivity index (χ0v) is 15.5. The van der Waals surface area contributed by atoms with Crippen LogP contribution in [0.25, 0.3) is 0 Å². The van der Waals surface area contributed by atoms with Crippen LogP contribution in [0.3, 0.4) is 0 Å². The van der Waals surface area contributed by atoms with E-state index in [0.717, 1.165) is 11.0 Å². The molecule has 3 rings (SSSR count). The van der Waals surface area contributed by atoms with Crippen LogP contribution in [0.4, 0.5) is 8.78 Å². The third-order valence-electron chi connectivity index (χ3n) is 4.57. The Labute approximate surface area is 153 Å². The number of hydrogen-bond acceptors (Lipinski definition) is 3. The minimum absolute atomic E-state index is 0.00795. The maximum atomic E-state index is 14.8. The summed E-state index contributed by atoms with van der Waals surface area (Å²) in [6.07, 6.45) is 0.768. The number of alkyl halides is 1. The lowest BCUT2D eigenvalue weighted by atomic mass is 10.0. The molecule has 2 aromatic rings. The van der Waals surface area contributed by atoms with E-state index in [0.29, 0.717) is 16.9 Å². The number of aliphatic hydroxyl groups excluding tert-OH is 1. The Kier molecular flexibility index (Phi) is 4.87. The minimum Gasteiger partial charge on any atom is -0.457 e. The zero-order valence-electron chi connectivity index (χ0n) is 14.7. The van der Waals surface area contributed by atoms with E-state index in [9.17, 15) is 13.9 Å². The number of nitrogens with zero attached hydrogens (tertiary/aromatic N) is 1. The highest BCUT2D eigenvalue weighted by Gasteiger charge is 2.45. The number of fused-ring (bicyclic) bond motifs is 1. The smallest absolute Gasteiger partial charge is 0.142 e. The molecule has 3 nitrogen and oxygen atoms in total. The van der Waals surface area contributed by atoms with E-state index in [1.54, 1.807) is 6.07 Å². The van der Waals surface area contributed by atoms with Crippen molar-refractivity contribution in [2.75, 3.05) is 6.26 Å². The Morgan fingerprint density at radius 3 is 2.77 bits per heavy atom. The lowest BCUT2D eigenvalue weighted by Crippen LogP contribution is -2.23. The van der Waals surface area contributed by atoms with Crippen molar-refractivity contribution in [3.05, 3.63) is 52.8 Å². The molecule has 0 aromatic heterocycles. The Balaban J connectivity index is 2.11. The maximum absolute atomic E-state index is 14.8. The Morgan fingerprint density at radius 2 is 2.12 bits per heavy atom. The highest BCUT2D eigenvalue weighted by atomic mass is 32.2. The van der Waals surface area contributed by atoms with E-state index in [1.165, 1.54) is 19.1 Å². The van der Waals surface area contributed by atoms with Gasteiger partial charge in [-0.05, 0) is 44.4 Å². The van der Waals surface area contributed by atoms with Gasteiger partial charge in [0, 0.05) is 28.5 Å². The molecule has 0 bridgehead atoms. The van der Waals surface area contributed by atoms with Crippen LogP contribution in [-0.4, -0.2) is 22.4 Å². The number of rotatable bonds is 3. The molecule has 0 radical (unpaired) electrons. The average Bonchev–Trinajstić information content (AvgIpc) is 2.84. The van der Waals surface area contributed by atoms with Crippen LogP contribution < -0.4 is 4.74 Å². The van der Waals surface area contributed by atoms with Crippen LogP contribution in [0, 0.1) is 17.1 Å². The van der Waals surface area contributed by atoms with Gasteiger partial charge in [0.25, 0.3) is 0 Å². The van der Waals surface area contributed by atoms with Crippen LogP contribution >= 0.6 is 10.5 Å². The molecule has 26 heavy (non-hydrogen) atoms. The summed E-state index contributed by atoms with van der Waals surface area (Å²) in [5.74, 6) is -0.0545. The standard InChI is InChI=1S/C20H19F2NO2S/c1-4-26(3)17-6-5-16(15-10-20(2,22)19(24)18(15)17)25-14-8-12(11-23)7-13(21)9-14/h4-9,19,24H,10H2,1-3H3/t19-,20-,26?/m0/s1. The second kappa shape index (κ2) is 6.82. The Bertz CT molecular complexity index is 948. The van der Waals surface area contributed by atoms with E-state index in [1.807, 2.05) is 30.7 Å². The molecule has 0 spiro atoms. The molecule has 0 heterocycles. The molecule has 1 unspecified atom stereocenters. The van der Waals surface area contributed by atoms with Gasteiger partial charge in [-0.3, -0.25) is 0 Å². The Morgan fingerprint density at radius 1 is 1.38 bits per heavy atom. The van der Waals surface area contributed by atoms with Crippen molar-refractivity contribution in [2.24, 2.45) is 0 Å². The first-order valence-electron chi connectivity index (χ1n) is 8.12. The highest BCUT2D eigenvalue weighted by Crippen LogP contribution is 2.50. The molecule has 1 N–H and O–H groups in total. The van der Waals surface area contributed by atoms with E-state index in [2.05, 4.69) is 0 Å². The summed E-state index contributed by atoms with van der Waals surface area (Å²) < 4.78 is 34.3. The van der Waals surface area contributed by atoms with Crippen molar-refractivity contribution < 1.29 is 18.6 Å². The van der Waals surface area contributed by atoms with Crippen LogP contribution in [0.5, 0.6) is 11.5 Å². The molecular weight excluding hydrogens is 356 g/mol. The predicted molar refractivity (Wildman–Crippen MR) is 99.3 cm³/mol. The summed E-state index contributed by atoms with van der Waals surface area (Å²) in [6, 6.07) is 9.11. The molecule has 2 aromatic carbocycles. The number of nitriles is 1. The summed E-state index contributed by atoms with van der Waals surface area (Å²) in [5, 5.41) is 21.5. The van der Waals surface area contributed by atoms with E-state index in [4.69, 9.17) is 10.00 Å². The number of hydrogen-bond donors (Lipinski definition) is 1. The first-order valence-corrected chi connectivity index (χ1v) is 9.82. The fraction of sp³-hybridized carbons (Fsp3) is 0.300. The van der Waals surface area contributed by atoms with E-state index >= 15 is 0 Å². The number of benzene rings is 2. The predicted octanol–water partition coefficient (Wildman–Crippen LogP) is 4.89. The molecule has 1 aliphatic rings. The molecule has 6 heteroatoms. The molecule has 0 saturated carbocycles. The third kappa shape index (κ3) is 3.25. The van der Waals surface area contributed by atoms with Crippen LogP contribution in [0.2, 0.25) is 0 Å².